The maximum atomic E-state index is 5.83. The Morgan fingerprint density at radius 2 is 2.33 bits per heavy atom. The van der Waals surface area contributed by atoms with Crippen molar-refractivity contribution >= 4 is 30.6 Å². The summed E-state index contributed by atoms with van der Waals surface area (Å²) in [6, 6.07) is 1.82. The van der Waals surface area contributed by atoms with Crippen molar-refractivity contribution in [3.63, 3.8) is 0 Å². The van der Waals surface area contributed by atoms with Crippen LogP contribution >= 0.6 is 11.6 Å². The predicted molar refractivity (Wildman–Crippen MR) is 50.5 cm³/mol. The van der Waals surface area contributed by atoms with Gasteiger partial charge in [-0.25, -0.2) is 0 Å². The van der Waals surface area contributed by atoms with Crippen molar-refractivity contribution < 1.29 is 4.74 Å². The smallest absolute Gasteiger partial charge is 0.121 e. The number of rotatable bonds is 0. The zero-order chi connectivity index (χ0) is 8.72. The number of hydrogen-bond acceptors (Lipinski definition) is 2. The molecule has 0 aliphatic carbocycles. The number of nitrogen functional groups attached to an aromatic ring is 1. The molecule has 0 spiro atoms. The van der Waals surface area contributed by atoms with Crippen LogP contribution in [-0.4, -0.2) is 14.5 Å². The molecule has 1 aromatic carbocycles. The van der Waals surface area contributed by atoms with Gasteiger partial charge in [-0.1, -0.05) is 11.6 Å². The summed E-state index contributed by atoms with van der Waals surface area (Å²) in [7, 11) is 5.70. The topological polar surface area (TPSA) is 35.2 Å². The minimum Gasteiger partial charge on any atom is -0.494 e. The molecular formula is C8H7BClNO. The Morgan fingerprint density at radius 1 is 1.58 bits per heavy atom. The van der Waals surface area contributed by atoms with Gasteiger partial charge < -0.3 is 10.5 Å². The van der Waals surface area contributed by atoms with Crippen LogP contribution in [-0.2, 0) is 6.42 Å². The van der Waals surface area contributed by atoms with Gasteiger partial charge in [0.25, 0.3) is 0 Å². The second kappa shape index (κ2) is 2.59. The largest absolute Gasteiger partial charge is 0.494 e. The summed E-state index contributed by atoms with van der Waals surface area (Å²) in [6.45, 7) is 0.666. The lowest BCUT2D eigenvalue weighted by Crippen LogP contribution is -2.10. The van der Waals surface area contributed by atoms with Gasteiger partial charge in [-0.15, -0.1) is 0 Å². The molecule has 0 unspecified atom stereocenters. The van der Waals surface area contributed by atoms with Crippen LogP contribution in [0.25, 0.3) is 0 Å². The average molecular weight is 179 g/mol. The van der Waals surface area contributed by atoms with E-state index in [1.807, 2.05) is 6.07 Å². The minimum absolute atomic E-state index is 0.399. The normalized spacial score (nSPS) is 14.1. The van der Waals surface area contributed by atoms with E-state index in [9.17, 15) is 0 Å². The summed E-state index contributed by atoms with van der Waals surface area (Å²) in [5, 5.41) is 0.399. The second-order valence-electron chi connectivity index (χ2n) is 2.78. The minimum atomic E-state index is 0.399. The molecule has 2 rings (SSSR count). The molecule has 0 amide bonds. The number of fused-ring (bicyclic) bond motifs is 1. The Hall–Kier alpha value is -0.825. The van der Waals surface area contributed by atoms with Crippen molar-refractivity contribution in [3.8, 4) is 5.75 Å². The molecule has 0 atom stereocenters. The number of ether oxygens (including phenoxy) is 1. The first-order valence-corrected chi connectivity index (χ1v) is 4.07. The summed E-state index contributed by atoms with van der Waals surface area (Å²) >= 11 is 5.83. The molecule has 2 N–H and O–H groups in total. The van der Waals surface area contributed by atoms with Crippen LogP contribution in [0, 0.1) is 0 Å². The van der Waals surface area contributed by atoms with Gasteiger partial charge in [0, 0.05) is 6.42 Å². The van der Waals surface area contributed by atoms with Gasteiger partial charge in [0.15, 0.2) is 0 Å². The summed E-state index contributed by atoms with van der Waals surface area (Å²) in [6.07, 6.45) is 0.862. The molecule has 0 saturated heterocycles. The van der Waals surface area contributed by atoms with E-state index in [1.54, 1.807) is 0 Å². The van der Waals surface area contributed by atoms with E-state index in [0.717, 1.165) is 12.0 Å². The van der Waals surface area contributed by atoms with Gasteiger partial charge in [-0.3, -0.25) is 0 Å². The first kappa shape index (κ1) is 7.81. The molecule has 60 valence electrons. The first-order valence-electron chi connectivity index (χ1n) is 3.69. The summed E-state index contributed by atoms with van der Waals surface area (Å²) in [4.78, 5) is 0. The van der Waals surface area contributed by atoms with E-state index in [1.165, 1.54) is 0 Å². The van der Waals surface area contributed by atoms with Gasteiger partial charge in [-0.05, 0) is 17.1 Å². The molecule has 2 nitrogen and oxygen atoms in total. The molecule has 1 aliphatic rings. The maximum Gasteiger partial charge on any atom is 0.121 e. The van der Waals surface area contributed by atoms with Crippen molar-refractivity contribution in [3.05, 3.63) is 16.7 Å². The predicted octanol–water partition coefficient (Wildman–Crippen LogP) is 0.651. The van der Waals surface area contributed by atoms with Gasteiger partial charge in [0.2, 0.25) is 0 Å². The Kier molecular flexibility index (Phi) is 1.69. The Balaban J connectivity index is 2.67. The third kappa shape index (κ3) is 0.967. The average Bonchev–Trinajstić information content (AvgIpc) is 2.48. The van der Waals surface area contributed by atoms with Crippen LogP contribution in [0.5, 0.6) is 5.75 Å². The number of halogens is 1. The Morgan fingerprint density at radius 3 is 3.08 bits per heavy atom. The highest BCUT2D eigenvalue weighted by atomic mass is 35.5. The van der Waals surface area contributed by atoms with Crippen molar-refractivity contribution in [2.24, 2.45) is 0 Å². The van der Waals surface area contributed by atoms with Crippen LogP contribution in [0.1, 0.15) is 5.56 Å². The molecule has 1 aromatic rings. The number of benzene rings is 1. The highest BCUT2D eigenvalue weighted by Gasteiger charge is 2.17. The number of anilines is 1. The molecule has 0 fully saturated rings. The van der Waals surface area contributed by atoms with Crippen molar-refractivity contribution in [1.82, 2.24) is 0 Å². The summed E-state index contributed by atoms with van der Waals surface area (Å²) < 4.78 is 5.30. The van der Waals surface area contributed by atoms with E-state index < -0.39 is 0 Å². The maximum absolute atomic E-state index is 5.83. The van der Waals surface area contributed by atoms with Gasteiger partial charge in [0.05, 0.1) is 17.3 Å². The third-order valence-electron chi connectivity index (χ3n) is 1.97. The van der Waals surface area contributed by atoms with Crippen LogP contribution in [0.15, 0.2) is 6.07 Å². The molecule has 0 saturated carbocycles. The van der Waals surface area contributed by atoms with Crippen molar-refractivity contribution in [1.29, 1.82) is 0 Å². The molecule has 0 bridgehead atoms. The lowest BCUT2D eigenvalue weighted by molar-refractivity contribution is 0.359. The third-order valence-corrected chi connectivity index (χ3v) is 2.40. The van der Waals surface area contributed by atoms with Gasteiger partial charge in [0.1, 0.15) is 13.6 Å². The molecule has 4 heteroatoms. The number of nitrogens with two attached hydrogens (primary N) is 1. The van der Waals surface area contributed by atoms with Gasteiger partial charge >= 0.3 is 0 Å². The van der Waals surface area contributed by atoms with E-state index in [4.69, 9.17) is 29.9 Å². The van der Waals surface area contributed by atoms with E-state index >= 15 is 0 Å². The molecular weight excluding hydrogens is 172 g/mol. The summed E-state index contributed by atoms with van der Waals surface area (Å²) in [5.41, 5.74) is 7.67. The molecule has 1 aliphatic heterocycles. The fraction of sp³-hybridized carbons (Fsp3) is 0.250. The zero-order valence-electron chi connectivity index (χ0n) is 6.43. The van der Waals surface area contributed by atoms with E-state index in [2.05, 4.69) is 0 Å². The molecule has 1 heterocycles. The monoisotopic (exact) mass is 179 g/mol. The van der Waals surface area contributed by atoms with Crippen LogP contribution in [0.2, 0.25) is 5.02 Å². The van der Waals surface area contributed by atoms with Crippen LogP contribution < -0.4 is 15.9 Å². The van der Waals surface area contributed by atoms with Crippen molar-refractivity contribution in [2.75, 3.05) is 12.3 Å². The van der Waals surface area contributed by atoms with E-state index in [-0.39, 0.29) is 0 Å². The second-order valence-corrected chi connectivity index (χ2v) is 3.16. The number of hydrogen-bond donors (Lipinski definition) is 1. The molecule has 0 aromatic heterocycles. The fourth-order valence-corrected chi connectivity index (χ4v) is 1.50. The van der Waals surface area contributed by atoms with E-state index in [0.29, 0.717) is 28.5 Å². The van der Waals surface area contributed by atoms with Gasteiger partial charge in [-0.2, -0.15) is 0 Å². The Bertz CT molecular complexity index is 340. The molecule has 12 heavy (non-hydrogen) atoms. The molecule has 2 radical (unpaired) electrons. The lowest BCUT2D eigenvalue weighted by Gasteiger charge is -2.08. The highest BCUT2D eigenvalue weighted by molar-refractivity contribution is 6.48. The van der Waals surface area contributed by atoms with Crippen LogP contribution in [0.4, 0.5) is 5.69 Å². The van der Waals surface area contributed by atoms with Crippen LogP contribution in [0.3, 0.4) is 0 Å². The highest BCUT2D eigenvalue weighted by Crippen LogP contribution is 2.29. The summed E-state index contributed by atoms with van der Waals surface area (Å²) in [5.74, 6) is 0.703. The quantitative estimate of drug-likeness (QED) is 0.469. The standard InChI is InChI=1S/C8H7BClNO/c9-6-7(10)5(11)3-4-1-2-12-8(4)6/h3H,1-2,11H2. The lowest BCUT2D eigenvalue weighted by atomic mass is 9.92. The SMILES string of the molecule is [B]c1c(Cl)c(N)cc2c1OCC2. The van der Waals surface area contributed by atoms with Crippen molar-refractivity contribution in [2.45, 2.75) is 6.42 Å². The Labute approximate surface area is 77.1 Å². The fourth-order valence-electron chi connectivity index (χ4n) is 1.36. The first-order chi connectivity index (χ1) is 5.70. The zero-order valence-corrected chi connectivity index (χ0v) is 7.19.